The van der Waals surface area contributed by atoms with Gasteiger partial charge >= 0.3 is 0 Å². The average Bonchev–Trinajstić information content (AvgIpc) is 2.37. The normalized spacial score (nSPS) is 24.2. The number of rotatable bonds is 7. The molecule has 2 unspecified atom stereocenters. The average molecular weight is 256 g/mol. The maximum atomic E-state index is 11.6. The van der Waals surface area contributed by atoms with E-state index < -0.39 is 0 Å². The van der Waals surface area contributed by atoms with Crippen molar-refractivity contribution in [1.29, 1.82) is 0 Å². The fraction of sp³-hybridized carbons (Fsp3) is 0.929. The Balaban J connectivity index is 2.25. The first-order chi connectivity index (χ1) is 8.65. The summed E-state index contributed by atoms with van der Waals surface area (Å²) < 4.78 is 4.90. The Bertz CT molecular complexity index is 244. The van der Waals surface area contributed by atoms with Crippen LogP contribution in [0.4, 0.5) is 0 Å². The van der Waals surface area contributed by atoms with Crippen LogP contribution in [-0.4, -0.2) is 38.8 Å². The summed E-state index contributed by atoms with van der Waals surface area (Å²) in [6.07, 6.45) is 5.11. The van der Waals surface area contributed by atoms with Gasteiger partial charge in [0, 0.05) is 19.7 Å². The van der Waals surface area contributed by atoms with Crippen molar-refractivity contribution in [3.8, 4) is 0 Å². The van der Waals surface area contributed by atoms with Gasteiger partial charge in [-0.25, -0.2) is 0 Å². The SMILES string of the molecule is COCCNC(=O)CNC1CCCCC1C(C)C. The van der Waals surface area contributed by atoms with Crippen molar-refractivity contribution < 1.29 is 9.53 Å². The minimum atomic E-state index is 0.0696. The van der Waals surface area contributed by atoms with Gasteiger partial charge in [-0.05, 0) is 24.7 Å². The molecule has 106 valence electrons. The molecule has 1 saturated carbocycles. The second-order valence-electron chi connectivity index (χ2n) is 5.52. The van der Waals surface area contributed by atoms with Crippen molar-refractivity contribution in [2.75, 3.05) is 26.8 Å². The summed E-state index contributed by atoms with van der Waals surface area (Å²) in [6, 6.07) is 0.506. The molecule has 4 nitrogen and oxygen atoms in total. The van der Waals surface area contributed by atoms with E-state index in [2.05, 4.69) is 24.5 Å². The van der Waals surface area contributed by atoms with Crippen LogP contribution in [0, 0.1) is 11.8 Å². The minimum Gasteiger partial charge on any atom is -0.383 e. The first kappa shape index (κ1) is 15.4. The Hall–Kier alpha value is -0.610. The highest BCUT2D eigenvalue weighted by Gasteiger charge is 2.27. The number of nitrogens with one attached hydrogen (secondary N) is 2. The Kier molecular flexibility index (Phi) is 7.28. The second kappa shape index (κ2) is 8.48. The molecule has 1 amide bonds. The zero-order valence-corrected chi connectivity index (χ0v) is 12.0. The zero-order chi connectivity index (χ0) is 13.4. The lowest BCUT2D eigenvalue weighted by molar-refractivity contribution is -0.120. The van der Waals surface area contributed by atoms with E-state index in [0.717, 1.165) is 0 Å². The summed E-state index contributed by atoms with van der Waals surface area (Å²) >= 11 is 0. The van der Waals surface area contributed by atoms with Crippen molar-refractivity contribution in [1.82, 2.24) is 10.6 Å². The largest absolute Gasteiger partial charge is 0.383 e. The molecule has 0 aromatic carbocycles. The molecule has 2 N–H and O–H groups in total. The van der Waals surface area contributed by atoms with E-state index >= 15 is 0 Å². The fourth-order valence-electron chi connectivity index (χ4n) is 2.79. The van der Waals surface area contributed by atoms with Crippen molar-refractivity contribution in [2.45, 2.75) is 45.6 Å². The number of hydrogen-bond donors (Lipinski definition) is 2. The molecule has 0 aromatic heterocycles. The molecule has 0 heterocycles. The lowest BCUT2D eigenvalue weighted by Gasteiger charge is -2.35. The molecule has 1 rings (SSSR count). The highest BCUT2D eigenvalue weighted by Crippen LogP contribution is 2.29. The standard InChI is InChI=1S/C14H28N2O2/c1-11(2)12-6-4-5-7-13(12)16-10-14(17)15-8-9-18-3/h11-13,16H,4-10H2,1-3H3,(H,15,17). The third-order valence-electron chi connectivity index (χ3n) is 3.83. The maximum Gasteiger partial charge on any atom is 0.234 e. The quantitative estimate of drug-likeness (QED) is 0.680. The molecular formula is C14H28N2O2. The van der Waals surface area contributed by atoms with Crippen molar-refractivity contribution in [3.05, 3.63) is 0 Å². The van der Waals surface area contributed by atoms with Crippen LogP contribution in [-0.2, 0) is 9.53 Å². The van der Waals surface area contributed by atoms with E-state index in [1.807, 2.05) is 0 Å². The van der Waals surface area contributed by atoms with Gasteiger partial charge in [0.05, 0.1) is 13.2 Å². The molecule has 0 radical (unpaired) electrons. The van der Waals surface area contributed by atoms with E-state index in [-0.39, 0.29) is 5.91 Å². The predicted octanol–water partition coefficient (Wildman–Crippen LogP) is 1.55. The third kappa shape index (κ3) is 5.36. The summed E-state index contributed by atoms with van der Waals surface area (Å²) in [5, 5.41) is 6.27. The molecule has 0 aliphatic heterocycles. The van der Waals surface area contributed by atoms with Crippen LogP contribution >= 0.6 is 0 Å². The lowest BCUT2D eigenvalue weighted by atomic mass is 9.78. The maximum absolute atomic E-state index is 11.6. The van der Waals surface area contributed by atoms with Crippen LogP contribution in [0.2, 0.25) is 0 Å². The molecule has 1 fully saturated rings. The van der Waals surface area contributed by atoms with Gasteiger partial charge < -0.3 is 15.4 Å². The van der Waals surface area contributed by atoms with Gasteiger partial charge in [0.15, 0.2) is 0 Å². The van der Waals surface area contributed by atoms with Crippen molar-refractivity contribution >= 4 is 5.91 Å². The number of hydrogen-bond acceptors (Lipinski definition) is 3. The van der Waals surface area contributed by atoms with Crippen LogP contribution in [0.3, 0.4) is 0 Å². The molecule has 2 atom stereocenters. The van der Waals surface area contributed by atoms with Crippen LogP contribution in [0.15, 0.2) is 0 Å². The van der Waals surface area contributed by atoms with Gasteiger partial charge in [-0.2, -0.15) is 0 Å². The fourth-order valence-corrected chi connectivity index (χ4v) is 2.79. The van der Waals surface area contributed by atoms with Crippen LogP contribution in [0.1, 0.15) is 39.5 Å². The Labute approximate surface area is 111 Å². The van der Waals surface area contributed by atoms with Gasteiger partial charge in [0.25, 0.3) is 0 Å². The highest BCUT2D eigenvalue weighted by molar-refractivity contribution is 5.77. The molecule has 0 spiro atoms. The van der Waals surface area contributed by atoms with E-state index in [0.29, 0.717) is 37.6 Å². The third-order valence-corrected chi connectivity index (χ3v) is 3.83. The number of carbonyl (C=O) groups excluding carboxylic acids is 1. The highest BCUT2D eigenvalue weighted by atomic mass is 16.5. The molecule has 0 bridgehead atoms. The zero-order valence-electron chi connectivity index (χ0n) is 12.0. The molecule has 0 saturated heterocycles. The lowest BCUT2D eigenvalue weighted by Crippen LogP contribution is -2.45. The van der Waals surface area contributed by atoms with Crippen LogP contribution < -0.4 is 10.6 Å². The number of methoxy groups -OCH3 is 1. The van der Waals surface area contributed by atoms with Crippen LogP contribution in [0.5, 0.6) is 0 Å². The van der Waals surface area contributed by atoms with Gasteiger partial charge in [0.1, 0.15) is 0 Å². The summed E-state index contributed by atoms with van der Waals surface area (Å²) in [5.41, 5.74) is 0. The van der Waals surface area contributed by atoms with E-state index in [4.69, 9.17) is 4.74 Å². The number of ether oxygens (including phenoxy) is 1. The predicted molar refractivity (Wildman–Crippen MR) is 73.5 cm³/mol. The molecular weight excluding hydrogens is 228 g/mol. The number of carbonyl (C=O) groups is 1. The van der Waals surface area contributed by atoms with Gasteiger partial charge in [-0.1, -0.05) is 26.7 Å². The summed E-state index contributed by atoms with van der Waals surface area (Å²) in [7, 11) is 1.64. The molecule has 1 aliphatic rings. The Morgan fingerprint density at radius 3 is 2.72 bits per heavy atom. The van der Waals surface area contributed by atoms with E-state index in [1.54, 1.807) is 7.11 Å². The summed E-state index contributed by atoms with van der Waals surface area (Å²) in [4.78, 5) is 11.6. The second-order valence-corrected chi connectivity index (χ2v) is 5.52. The molecule has 4 heteroatoms. The van der Waals surface area contributed by atoms with Crippen LogP contribution in [0.25, 0.3) is 0 Å². The monoisotopic (exact) mass is 256 g/mol. The number of amides is 1. The molecule has 1 aliphatic carbocycles. The van der Waals surface area contributed by atoms with Crippen molar-refractivity contribution in [2.24, 2.45) is 11.8 Å². The topological polar surface area (TPSA) is 50.4 Å². The summed E-state index contributed by atoms with van der Waals surface area (Å²) in [6.45, 7) is 6.16. The van der Waals surface area contributed by atoms with E-state index in [1.165, 1.54) is 25.7 Å². The van der Waals surface area contributed by atoms with Crippen molar-refractivity contribution in [3.63, 3.8) is 0 Å². The minimum absolute atomic E-state index is 0.0696. The first-order valence-electron chi connectivity index (χ1n) is 7.14. The van der Waals surface area contributed by atoms with Gasteiger partial charge in [-0.3, -0.25) is 4.79 Å². The van der Waals surface area contributed by atoms with Gasteiger partial charge in [0.2, 0.25) is 5.91 Å². The first-order valence-corrected chi connectivity index (χ1v) is 7.14. The summed E-state index contributed by atoms with van der Waals surface area (Å²) in [5.74, 6) is 1.48. The Morgan fingerprint density at radius 2 is 2.06 bits per heavy atom. The smallest absolute Gasteiger partial charge is 0.234 e. The van der Waals surface area contributed by atoms with E-state index in [9.17, 15) is 4.79 Å². The Morgan fingerprint density at radius 1 is 1.33 bits per heavy atom. The molecule has 18 heavy (non-hydrogen) atoms. The molecule has 0 aromatic rings. The van der Waals surface area contributed by atoms with Gasteiger partial charge in [-0.15, -0.1) is 0 Å².